The topological polar surface area (TPSA) is 81.3 Å². The lowest BCUT2D eigenvalue weighted by Crippen LogP contribution is -2.33. The van der Waals surface area contributed by atoms with Gasteiger partial charge < -0.3 is 9.72 Å². The molecular formula is C21H19N5O2. The number of nitrogens with zero attached hydrogens (tertiary/aromatic N) is 4. The number of carbonyl (C=O) groups excluding carboxylic acids is 1. The van der Waals surface area contributed by atoms with Crippen LogP contribution in [0.1, 0.15) is 21.9 Å². The maximum Gasteiger partial charge on any atom is 0.275 e. The lowest BCUT2D eigenvalue weighted by Gasteiger charge is -2.11. The number of fused-ring (bicyclic) bond motifs is 1. The molecule has 1 N–H and O–H groups in total. The van der Waals surface area contributed by atoms with Gasteiger partial charge in [-0.25, -0.2) is 9.67 Å². The molecule has 3 heterocycles. The highest BCUT2D eigenvalue weighted by atomic mass is 16.2. The van der Waals surface area contributed by atoms with Crippen LogP contribution in [0.3, 0.4) is 0 Å². The Morgan fingerprint density at radius 1 is 1.11 bits per heavy atom. The van der Waals surface area contributed by atoms with Crippen LogP contribution in [0, 0.1) is 6.92 Å². The normalized spacial score (nSPS) is 10.9. The minimum absolute atomic E-state index is 0.121. The van der Waals surface area contributed by atoms with Gasteiger partial charge in [-0.15, -0.1) is 0 Å². The van der Waals surface area contributed by atoms with Crippen molar-refractivity contribution in [3.63, 3.8) is 0 Å². The Morgan fingerprint density at radius 3 is 2.68 bits per heavy atom. The fourth-order valence-corrected chi connectivity index (χ4v) is 3.03. The molecule has 0 atom stereocenters. The van der Waals surface area contributed by atoms with Crippen molar-refractivity contribution >= 4 is 11.6 Å². The number of imidazole rings is 1. The molecule has 4 rings (SSSR count). The lowest BCUT2D eigenvalue weighted by molar-refractivity contribution is 0.0946. The molecule has 0 aliphatic carbocycles. The number of aryl methyl sites for hydroxylation is 1. The molecular weight excluding hydrogens is 354 g/mol. The molecule has 7 heteroatoms. The number of para-hydroxylation sites is 1. The van der Waals surface area contributed by atoms with Gasteiger partial charge in [0, 0.05) is 37.1 Å². The van der Waals surface area contributed by atoms with Gasteiger partial charge >= 0.3 is 0 Å². The molecule has 0 fully saturated rings. The van der Waals surface area contributed by atoms with E-state index in [1.54, 1.807) is 11.6 Å². The largest absolute Gasteiger partial charge is 0.350 e. The van der Waals surface area contributed by atoms with E-state index >= 15 is 0 Å². The summed E-state index contributed by atoms with van der Waals surface area (Å²) in [7, 11) is 0. The molecule has 0 aliphatic heterocycles. The maximum absolute atomic E-state index is 12.5. The molecule has 0 unspecified atom stereocenters. The van der Waals surface area contributed by atoms with Gasteiger partial charge in [0.1, 0.15) is 5.65 Å². The Labute approximate surface area is 161 Å². The van der Waals surface area contributed by atoms with Gasteiger partial charge in [0.2, 0.25) is 5.43 Å². The third kappa shape index (κ3) is 3.55. The predicted molar refractivity (Wildman–Crippen MR) is 106 cm³/mol. The molecule has 7 nitrogen and oxygen atoms in total. The van der Waals surface area contributed by atoms with Gasteiger partial charge in [0.05, 0.1) is 11.4 Å². The summed E-state index contributed by atoms with van der Waals surface area (Å²) in [6.07, 6.45) is 4.41. The molecule has 0 spiro atoms. The number of rotatable bonds is 5. The number of benzene rings is 1. The molecule has 0 saturated heterocycles. The van der Waals surface area contributed by atoms with Gasteiger partial charge in [-0.1, -0.05) is 24.3 Å². The molecule has 140 valence electrons. The average molecular weight is 373 g/mol. The zero-order valence-corrected chi connectivity index (χ0v) is 15.4. The lowest BCUT2D eigenvalue weighted by atomic mass is 10.2. The van der Waals surface area contributed by atoms with E-state index in [-0.39, 0.29) is 5.69 Å². The molecule has 0 saturated carbocycles. The predicted octanol–water partition coefficient (Wildman–Crippen LogP) is 2.16. The van der Waals surface area contributed by atoms with Crippen LogP contribution in [0.4, 0.5) is 0 Å². The second-order valence-electron chi connectivity index (χ2n) is 6.45. The summed E-state index contributed by atoms with van der Waals surface area (Å²) in [6, 6.07) is 16.6. The Balaban J connectivity index is 1.49. The minimum Gasteiger partial charge on any atom is -0.350 e. The van der Waals surface area contributed by atoms with Crippen molar-refractivity contribution in [1.82, 2.24) is 24.5 Å². The summed E-state index contributed by atoms with van der Waals surface area (Å²) in [5.74, 6) is -0.488. The van der Waals surface area contributed by atoms with Crippen LogP contribution >= 0.6 is 0 Å². The first-order valence-corrected chi connectivity index (χ1v) is 8.99. The van der Waals surface area contributed by atoms with E-state index in [1.165, 1.54) is 6.07 Å². The summed E-state index contributed by atoms with van der Waals surface area (Å²) in [6.45, 7) is 2.15. The summed E-state index contributed by atoms with van der Waals surface area (Å²) in [4.78, 5) is 29.3. The highest BCUT2D eigenvalue weighted by Gasteiger charge is 2.15. The first-order chi connectivity index (χ1) is 13.6. The van der Waals surface area contributed by atoms with Crippen LogP contribution in [0.2, 0.25) is 0 Å². The van der Waals surface area contributed by atoms with Gasteiger partial charge in [-0.05, 0) is 31.2 Å². The van der Waals surface area contributed by atoms with Crippen LogP contribution in [0.15, 0.2) is 71.8 Å². The van der Waals surface area contributed by atoms with E-state index in [1.807, 2.05) is 65.3 Å². The summed E-state index contributed by atoms with van der Waals surface area (Å²) >= 11 is 0. The van der Waals surface area contributed by atoms with Crippen molar-refractivity contribution in [2.75, 3.05) is 6.54 Å². The number of hydrogen-bond donors (Lipinski definition) is 1. The average Bonchev–Trinajstić information content (AvgIpc) is 3.11. The molecule has 28 heavy (non-hydrogen) atoms. The van der Waals surface area contributed by atoms with Crippen molar-refractivity contribution in [2.24, 2.45) is 0 Å². The van der Waals surface area contributed by atoms with Gasteiger partial charge in [-0.3, -0.25) is 9.59 Å². The van der Waals surface area contributed by atoms with Gasteiger partial charge in [0.25, 0.3) is 5.91 Å². The Hall–Kier alpha value is -3.74. The number of nitrogens with one attached hydrogen (secondary N) is 1. The summed E-state index contributed by atoms with van der Waals surface area (Å²) in [5.41, 5.74) is 2.66. The van der Waals surface area contributed by atoms with E-state index < -0.39 is 11.3 Å². The smallest absolute Gasteiger partial charge is 0.275 e. The van der Waals surface area contributed by atoms with E-state index in [2.05, 4.69) is 15.4 Å². The first kappa shape index (κ1) is 17.7. The third-order valence-corrected chi connectivity index (χ3v) is 4.40. The van der Waals surface area contributed by atoms with Crippen LogP contribution in [0.25, 0.3) is 11.3 Å². The number of carbonyl (C=O) groups is 1. The maximum atomic E-state index is 12.5. The second kappa shape index (κ2) is 7.48. The van der Waals surface area contributed by atoms with Crippen molar-refractivity contribution in [3.8, 4) is 5.69 Å². The molecule has 1 aromatic carbocycles. The minimum atomic E-state index is -0.488. The Bertz CT molecular complexity index is 1160. The van der Waals surface area contributed by atoms with Crippen LogP contribution in [0.5, 0.6) is 0 Å². The van der Waals surface area contributed by atoms with Crippen molar-refractivity contribution < 1.29 is 4.79 Å². The van der Waals surface area contributed by atoms with Gasteiger partial charge in [0.15, 0.2) is 5.69 Å². The van der Waals surface area contributed by atoms with E-state index in [9.17, 15) is 9.59 Å². The molecule has 4 aromatic rings. The first-order valence-electron chi connectivity index (χ1n) is 8.99. The highest BCUT2D eigenvalue weighted by molar-refractivity contribution is 5.92. The van der Waals surface area contributed by atoms with E-state index in [4.69, 9.17) is 0 Å². The van der Waals surface area contributed by atoms with Crippen LogP contribution in [-0.2, 0) is 6.42 Å². The standard InChI is InChI=1S/C21H19N5O2/c1-15-13-18(27)20(24-26(15)17-7-3-2-4-8-17)21(28)22-11-10-16-14-25-12-6-5-9-19(25)23-16/h2-9,12-14H,10-11H2,1H3,(H,22,28). The fourth-order valence-electron chi connectivity index (χ4n) is 3.03. The van der Waals surface area contributed by atoms with Gasteiger partial charge in [-0.2, -0.15) is 5.10 Å². The molecule has 0 bridgehead atoms. The number of amides is 1. The van der Waals surface area contributed by atoms with Crippen molar-refractivity contribution in [1.29, 1.82) is 0 Å². The summed E-state index contributed by atoms with van der Waals surface area (Å²) < 4.78 is 3.52. The van der Waals surface area contributed by atoms with Crippen LogP contribution in [-0.4, -0.2) is 31.6 Å². The van der Waals surface area contributed by atoms with E-state index in [0.29, 0.717) is 18.7 Å². The second-order valence-corrected chi connectivity index (χ2v) is 6.45. The highest BCUT2D eigenvalue weighted by Crippen LogP contribution is 2.08. The number of pyridine rings is 1. The quantitative estimate of drug-likeness (QED) is 0.581. The Morgan fingerprint density at radius 2 is 1.89 bits per heavy atom. The van der Waals surface area contributed by atoms with Crippen LogP contribution < -0.4 is 10.7 Å². The fraction of sp³-hybridized carbons (Fsp3) is 0.143. The number of hydrogen-bond acceptors (Lipinski definition) is 4. The molecule has 1 amide bonds. The monoisotopic (exact) mass is 373 g/mol. The zero-order valence-electron chi connectivity index (χ0n) is 15.4. The van der Waals surface area contributed by atoms with E-state index in [0.717, 1.165) is 17.0 Å². The SMILES string of the molecule is Cc1cc(=O)c(C(=O)NCCc2cn3ccccc3n2)nn1-c1ccccc1. The Kier molecular flexibility index (Phi) is 4.72. The molecule has 0 radical (unpaired) electrons. The van der Waals surface area contributed by atoms with Crippen molar-refractivity contribution in [2.45, 2.75) is 13.3 Å². The third-order valence-electron chi connectivity index (χ3n) is 4.40. The number of aromatic nitrogens is 4. The summed E-state index contributed by atoms with van der Waals surface area (Å²) in [5, 5.41) is 7.04. The zero-order chi connectivity index (χ0) is 19.5. The van der Waals surface area contributed by atoms with Crippen molar-refractivity contribution in [3.05, 3.63) is 94.3 Å². The molecule has 0 aliphatic rings. The molecule has 3 aromatic heterocycles.